The lowest BCUT2D eigenvalue weighted by atomic mass is 10.3. The van der Waals surface area contributed by atoms with Crippen LogP contribution in [-0.2, 0) is 6.54 Å². The van der Waals surface area contributed by atoms with E-state index in [0.717, 1.165) is 16.9 Å². The Kier molecular flexibility index (Phi) is 5.01. The minimum absolute atomic E-state index is 0.0396. The first-order chi connectivity index (χ1) is 9.13. The molecule has 0 aliphatic rings. The van der Waals surface area contributed by atoms with E-state index in [2.05, 4.69) is 9.97 Å². The van der Waals surface area contributed by atoms with Crippen LogP contribution in [0.2, 0.25) is 10.0 Å². The predicted molar refractivity (Wildman–Crippen MR) is 75.6 cm³/mol. The van der Waals surface area contributed by atoms with Gasteiger partial charge in [-0.05, 0) is 12.1 Å². The molecule has 0 saturated carbocycles. The van der Waals surface area contributed by atoms with Crippen molar-refractivity contribution < 1.29 is 10.2 Å². The van der Waals surface area contributed by atoms with Crippen LogP contribution in [0, 0.1) is 0 Å². The van der Waals surface area contributed by atoms with Crippen LogP contribution in [0.4, 0.5) is 0 Å². The molecular weight excluding hydrogens is 289 g/mol. The first kappa shape index (κ1) is 14.6. The van der Waals surface area contributed by atoms with Crippen molar-refractivity contribution in [2.45, 2.75) is 6.54 Å². The van der Waals surface area contributed by atoms with Crippen molar-refractivity contribution in [2.24, 2.45) is 0 Å². The molecule has 0 bridgehead atoms. The number of aliphatic hydroxyl groups excluding tert-OH is 2. The van der Waals surface area contributed by atoms with Crippen LogP contribution in [0.1, 0.15) is 5.82 Å². The van der Waals surface area contributed by atoms with Gasteiger partial charge >= 0.3 is 0 Å². The topological polar surface area (TPSA) is 72.4 Å². The Balaban J connectivity index is 2.20. The second-order valence-corrected chi connectivity index (χ2v) is 5.00. The molecule has 0 unspecified atom stereocenters. The number of halogens is 2. The molecule has 1 heterocycles. The van der Waals surface area contributed by atoms with Gasteiger partial charge in [-0.2, -0.15) is 0 Å². The Morgan fingerprint density at radius 2 is 1.74 bits per heavy atom. The number of rotatable bonds is 6. The van der Waals surface area contributed by atoms with Crippen molar-refractivity contribution in [3.63, 3.8) is 0 Å². The molecule has 0 radical (unpaired) electrons. The quantitative estimate of drug-likeness (QED) is 0.759. The van der Waals surface area contributed by atoms with Crippen LogP contribution in [0.25, 0.3) is 11.0 Å². The van der Waals surface area contributed by atoms with E-state index in [1.54, 1.807) is 12.1 Å². The van der Waals surface area contributed by atoms with Crippen LogP contribution in [-0.4, -0.2) is 51.4 Å². The Bertz CT molecular complexity index is 514. The molecule has 7 heteroatoms. The molecule has 104 valence electrons. The lowest BCUT2D eigenvalue weighted by Crippen LogP contribution is -2.29. The van der Waals surface area contributed by atoms with Gasteiger partial charge in [-0.25, -0.2) is 4.98 Å². The van der Waals surface area contributed by atoms with Crippen LogP contribution in [0.5, 0.6) is 0 Å². The fourth-order valence-electron chi connectivity index (χ4n) is 1.90. The number of hydrogen-bond donors (Lipinski definition) is 3. The molecule has 0 aliphatic heterocycles. The highest BCUT2D eigenvalue weighted by molar-refractivity contribution is 6.42. The number of nitrogens with one attached hydrogen (secondary N) is 1. The second kappa shape index (κ2) is 6.54. The molecule has 2 rings (SSSR count). The first-order valence-corrected chi connectivity index (χ1v) is 6.67. The number of aliphatic hydroxyl groups is 2. The van der Waals surface area contributed by atoms with Gasteiger partial charge in [-0.3, -0.25) is 4.90 Å². The van der Waals surface area contributed by atoms with E-state index in [-0.39, 0.29) is 13.2 Å². The summed E-state index contributed by atoms with van der Waals surface area (Å²) in [6.45, 7) is 1.57. The van der Waals surface area contributed by atoms with Crippen molar-refractivity contribution >= 4 is 34.2 Å². The predicted octanol–water partition coefficient (Wildman–Crippen LogP) is 1.66. The summed E-state index contributed by atoms with van der Waals surface area (Å²) in [5.74, 6) is 0.746. The number of nitrogens with zero attached hydrogens (tertiary/aromatic N) is 2. The normalized spacial score (nSPS) is 11.6. The van der Waals surface area contributed by atoms with Gasteiger partial charge in [0.1, 0.15) is 5.82 Å². The third kappa shape index (κ3) is 3.58. The Morgan fingerprint density at radius 3 is 2.37 bits per heavy atom. The van der Waals surface area contributed by atoms with Crippen LogP contribution < -0.4 is 0 Å². The van der Waals surface area contributed by atoms with Gasteiger partial charge in [0.15, 0.2) is 0 Å². The second-order valence-electron chi connectivity index (χ2n) is 4.19. The zero-order valence-corrected chi connectivity index (χ0v) is 11.7. The van der Waals surface area contributed by atoms with Crippen molar-refractivity contribution in [1.82, 2.24) is 14.9 Å². The Labute approximate surface area is 120 Å². The van der Waals surface area contributed by atoms with Gasteiger partial charge in [0, 0.05) is 13.1 Å². The lowest BCUT2D eigenvalue weighted by molar-refractivity contribution is 0.154. The van der Waals surface area contributed by atoms with Gasteiger partial charge in [0.2, 0.25) is 0 Å². The van der Waals surface area contributed by atoms with Crippen LogP contribution in [0.15, 0.2) is 12.1 Å². The average Bonchev–Trinajstić information content (AvgIpc) is 2.72. The summed E-state index contributed by atoms with van der Waals surface area (Å²) < 4.78 is 0. The highest BCUT2D eigenvalue weighted by Gasteiger charge is 2.10. The summed E-state index contributed by atoms with van der Waals surface area (Å²) in [5.41, 5.74) is 1.56. The number of H-pyrrole nitrogens is 1. The summed E-state index contributed by atoms with van der Waals surface area (Å²) in [6, 6.07) is 3.44. The number of benzene rings is 1. The fraction of sp³-hybridized carbons (Fsp3) is 0.417. The van der Waals surface area contributed by atoms with Crippen LogP contribution in [0.3, 0.4) is 0 Å². The van der Waals surface area contributed by atoms with E-state index in [9.17, 15) is 0 Å². The van der Waals surface area contributed by atoms with Crippen molar-refractivity contribution in [1.29, 1.82) is 0 Å². The molecule has 3 N–H and O–H groups in total. The highest BCUT2D eigenvalue weighted by Crippen LogP contribution is 2.26. The van der Waals surface area contributed by atoms with E-state index in [1.807, 2.05) is 4.90 Å². The van der Waals surface area contributed by atoms with E-state index >= 15 is 0 Å². The van der Waals surface area contributed by atoms with Gasteiger partial charge < -0.3 is 15.2 Å². The molecular formula is C12H15Cl2N3O2. The van der Waals surface area contributed by atoms with Crippen molar-refractivity contribution in [3.8, 4) is 0 Å². The zero-order chi connectivity index (χ0) is 13.8. The SMILES string of the molecule is OCCN(CCO)Cc1nc2cc(Cl)c(Cl)cc2[nH]1. The number of aromatic amines is 1. The minimum atomic E-state index is 0.0396. The maximum atomic E-state index is 8.97. The smallest absolute Gasteiger partial charge is 0.121 e. The summed E-state index contributed by atoms with van der Waals surface area (Å²) in [5, 5.41) is 18.9. The van der Waals surface area contributed by atoms with Gasteiger partial charge in [-0.15, -0.1) is 0 Å². The summed E-state index contributed by atoms with van der Waals surface area (Å²) >= 11 is 11.9. The molecule has 0 aliphatic carbocycles. The average molecular weight is 304 g/mol. The van der Waals surface area contributed by atoms with E-state index < -0.39 is 0 Å². The summed E-state index contributed by atoms with van der Waals surface area (Å²) in [7, 11) is 0. The molecule has 19 heavy (non-hydrogen) atoms. The maximum Gasteiger partial charge on any atom is 0.121 e. The van der Waals surface area contributed by atoms with Crippen molar-refractivity contribution in [3.05, 3.63) is 28.0 Å². The fourth-order valence-corrected chi connectivity index (χ4v) is 2.22. The Morgan fingerprint density at radius 1 is 1.11 bits per heavy atom. The third-order valence-corrected chi connectivity index (χ3v) is 3.50. The monoisotopic (exact) mass is 303 g/mol. The molecule has 0 fully saturated rings. The summed E-state index contributed by atoms with van der Waals surface area (Å²) in [4.78, 5) is 9.47. The zero-order valence-electron chi connectivity index (χ0n) is 10.2. The molecule has 1 aromatic heterocycles. The lowest BCUT2D eigenvalue weighted by Gasteiger charge is -2.18. The van der Waals surface area contributed by atoms with Gasteiger partial charge in [-0.1, -0.05) is 23.2 Å². The molecule has 2 aromatic rings. The molecule has 5 nitrogen and oxygen atoms in total. The molecule has 0 amide bonds. The standard InChI is InChI=1S/C12H15Cl2N3O2/c13-8-5-10-11(6-9(8)14)16-12(15-10)7-17(1-3-18)2-4-19/h5-6,18-19H,1-4,7H2,(H,15,16). The Hall–Kier alpha value is -0.850. The van der Waals surface area contributed by atoms with E-state index in [0.29, 0.717) is 29.7 Å². The number of aromatic nitrogens is 2. The molecule has 0 spiro atoms. The number of fused-ring (bicyclic) bond motifs is 1. The summed E-state index contributed by atoms with van der Waals surface area (Å²) in [6.07, 6.45) is 0. The molecule has 0 saturated heterocycles. The first-order valence-electron chi connectivity index (χ1n) is 5.91. The van der Waals surface area contributed by atoms with Crippen molar-refractivity contribution in [2.75, 3.05) is 26.3 Å². The molecule has 0 atom stereocenters. The minimum Gasteiger partial charge on any atom is -0.395 e. The number of imidazole rings is 1. The van der Waals surface area contributed by atoms with E-state index in [4.69, 9.17) is 33.4 Å². The number of hydrogen-bond acceptors (Lipinski definition) is 4. The maximum absolute atomic E-state index is 8.97. The largest absolute Gasteiger partial charge is 0.395 e. The van der Waals surface area contributed by atoms with E-state index in [1.165, 1.54) is 0 Å². The van der Waals surface area contributed by atoms with Crippen LogP contribution >= 0.6 is 23.2 Å². The molecule has 1 aromatic carbocycles. The third-order valence-electron chi connectivity index (χ3n) is 2.78. The van der Waals surface area contributed by atoms with Gasteiger partial charge in [0.05, 0.1) is 40.8 Å². The highest BCUT2D eigenvalue weighted by atomic mass is 35.5. The van der Waals surface area contributed by atoms with Gasteiger partial charge in [0.25, 0.3) is 0 Å².